The lowest BCUT2D eigenvalue weighted by atomic mass is 10.2. The molecule has 3 heteroatoms. The second-order valence-electron chi connectivity index (χ2n) is 3.43. The summed E-state index contributed by atoms with van der Waals surface area (Å²) in [6, 6.07) is 9.96. The van der Waals surface area contributed by atoms with E-state index < -0.39 is 0 Å². The van der Waals surface area contributed by atoms with Gasteiger partial charge in [0.2, 0.25) is 5.91 Å². The van der Waals surface area contributed by atoms with Crippen molar-refractivity contribution in [2.45, 2.75) is 12.8 Å². The van der Waals surface area contributed by atoms with Crippen LogP contribution < -0.4 is 5.32 Å². The van der Waals surface area contributed by atoms with E-state index in [9.17, 15) is 4.79 Å². The smallest absolute Gasteiger partial charge is 0.220 e. The van der Waals surface area contributed by atoms with Crippen molar-refractivity contribution in [3.05, 3.63) is 42.0 Å². The molecule has 0 spiro atoms. The summed E-state index contributed by atoms with van der Waals surface area (Å²) < 4.78 is 0. The molecule has 0 radical (unpaired) electrons. The maximum absolute atomic E-state index is 11.2. The Morgan fingerprint density at radius 2 is 2.06 bits per heavy atom. The first-order valence-corrected chi connectivity index (χ1v) is 5.42. The van der Waals surface area contributed by atoms with Gasteiger partial charge in [-0.05, 0) is 12.0 Å². The van der Waals surface area contributed by atoms with E-state index in [1.807, 2.05) is 42.5 Å². The van der Waals surface area contributed by atoms with Crippen molar-refractivity contribution >= 4 is 12.0 Å². The number of carbonyl (C=O) groups is 1. The Bertz CT molecular complexity index is 333. The molecule has 1 aromatic rings. The highest BCUT2D eigenvalue weighted by Gasteiger charge is 1.96. The molecule has 0 heterocycles. The van der Waals surface area contributed by atoms with Gasteiger partial charge in [-0.25, -0.2) is 0 Å². The van der Waals surface area contributed by atoms with Crippen LogP contribution in [0.1, 0.15) is 18.4 Å². The van der Waals surface area contributed by atoms with Gasteiger partial charge in [0.05, 0.1) is 6.61 Å². The van der Waals surface area contributed by atoms with Crippen LogP contribution in [0.15, 0.2) is 36.4 Å². The van der Waals surface area contributed by atoms with Gasteiger partial charge in [0.1, 0.15) is 0 Å². The zero-order valence-electron chi connectivity index (χ0n) is 9.23. The van der Waals surface area contributed by atoms with Crippen LogP contribution in [0.4, 0.5) is 0 Å². The summed E-state index contributed by atoms with van der Waals surface area (Å²) in [5.74, 6) is -0.0215. The number of carbonyl (C=O) groups excluding carboxylic acids is 1. The molecule has 0 unspecified atom stereocenters. The van der Waals surface area contributed by atoms with Gasteiger partial charge in [-0.1, -0.05) is 42.5 Å². The van der Waals surface area contributed by atoms with Crippen LogP contribution in [-0.2, 0) is 4.79 Å². The molecule has 86 valence electrons. The molecule has 1 amide bonds. The largest absolute Gasteiger partial charge is 0.395 e. The number of hydrogen-bond donors (Lipinski definition) is 2. The molecular weight excluding hydrogens is 202 g/mol. The topological polar surface area (TPSA) is 49.3 Å². The first kappa shape index (κ1) is 12.5. The third-order valence-electron chi connectivity index (χ3n) is 2.08. The number of nitrogens with one attached hydrogen (secondary N) is 1. The molecule has 0 bridgehead atoms. The summed E-state index contributed by atoms with van der Waals surface area (Å²) in [7, 11) is 0. The predicted molar refractivity (Wildman–Crippen MR) is 64.8 cm³/mol. The van der Waals surface area contributed by atoms with E-state index in [-0.39, 0.29) is 12.5 Å². The second-order valence-corrected chi connectivity index (χ2v) is 3.43. The summed E-state index contributed by atoms with van der Waals surface area (Å²) in [6.45, 7) is 0.326. The van der Waals surface area contributed by atoms with Gasteiger partial charge < -0.3 is 10.4 Å². The lowest BCUT2D eigenvalue weighted by Crippen LogP contribution is -2.25. The molecule has 2 N–H and O–H groups in total. The Balaban J connectivity index is 2.20. The van der Waals surface area contributed by atoms with Crippen molar-refractivity contribution < 1.29 is 9.90 Å². The fourth-order valence-electron chi connectivity index (χ4n) is 1.28. The fraction of sp³-hybridized carbons (Fsp3) is 0.308. The molecule has 0 aliphatic carbocycles. The molecular formula is C13H17NO2. The SMILES string of the molecule is O=C(CC/C=C/c1ccccc1)NCCO. The van der Waals surface area contributed by atoms with Gasteiger partial charge in [-0.15, -0.1) is 0 Å². The number of aliphatic hydroxyl groups is 1. The average Bonchev–Trinajstić information content (AvgIpc) is 2.33. The first-order chi connectivity index (χ1) is 7.83. The van der Waals surface area contributed by atoms with E-state index in [4.69, 9.17) is 5.11 Å². The molecule has 0 atom stereocenters. The molecule has 0 saturated heterocycles. The summed E-state index contributed by atoms with van der Waals surface area (Å²) in [5, 5.41) is 11.1. The highest BCUT2D eigenvalue weighted by atomic mass is 16.3. The fourth-order valence-corrected chi connectivity index (χ4v) is 1.28. The number of amides is 1. The van der Waals surface area contributed by atoms with E-state index in [0.717, 1.165) is 5.56 Å². The Morgan fingerprint density at radius 1 is 1.31 bits per heavy atom. The molecule has 3 nitrogen and oxygen atoms in total. The Kier molecular flexibility index (Phi) is 5.96. The van der Waals surface area contributed by atoms with E-state index in [1.54, 1.807) is 0 Å². The van der Waals surface area contributed by atoms with Gasteiger partial charge in [0.15, 0.2) is 0 Å². The number of aliphatic hydroxyl groups excluding tert-OH is 1. The zero-order valence-corrected chi connectivity index (χ0v) is 9.23. The third kappa shape index (κ3) is 5.32. The molecule has 0 aliphatic rings. The first-order valence-electron chi connectivity index (χ1n) is 5.42. The van der Waals surface area contributed by atoms with Crippen molar-refractivity contribution in [2.75, 3.05) is 13.2 Å². The minimum absolute atomic E-state index is 0.00834. The van der Waals surface area contributed by atoms with Gasteiger partial charge in [-0.2, -0.15) is 0 Å². The number of rotatable bonds is 6. The lowest BCUT2D eigenvalue weighted by molar-refractivity contribution is -0.121. The minimum atomic E-state index is -0.0215. The van der Waals surface area contributed by atoms with E-state index >= 15 is 0 Å². The van der Waals surface area contributed by atoms with Crippen LogP contribution >= 0.6 is 0 Å². The standard InChI is InChI=1S/C13H17NO2/c15-11-10-14-13(16)9-5-4-8-12-6-2-1-3-7-12/h1-4,6-8,15H,5,9-11H2,(H,14,16)/b8-4+. The summed E-state index contributed by atoms with van der Waals surface area (Å²) in [5.41, 5.74) is 1.14. The Morgan fingerprint density at radius 3 is 2.75 bits per heavy atom. The zero-order chi connectivity index (χ0) is 11.6. The summed E-state index contributed by atoms with van der Waals surface area (Å²) in [4.78, 5) is 11.2. The van der Waals surface area contributed by atoms with Gasteiger partial charge in [-0.3, -0.25) is 4.79 Å². The van der Waals surface area contributed by atoms with Crippen LogP contribution in [0.5, 0.6) is 0 Å². The molecule has 0 fully saturated rings. The molecule has 0 aliphatic heterocycles. The minimum Gasteiger partial charge on any atom is -0.395 e. The summed E-state index contributed by atoms with van der Waals surface area (Å²) in [6.07, 6.45) is 5.16. The van der Waals surface area contributed by atoms with Crippen molar-refractivity contribution in [3.8, 4) is 0 Å². The van der Waals surface area contributed by atoms with Crippen molar-refractivity contribution in [2.24, 2.45) is 0 Å². The quantitative estimate of drug-likeness (QED) is 0.763. The van der Waals surface area contributed by atoms with Crippen molar-refractivity contribution in [1.29, 1.82) is 0 Å². The van der Waals surface area contributed by atoms with Crippen LogP contribution in [0, 0.1) is 0 Å². The van der Waals surface area contributed by atoms with Crippen LogP contribution in [-0.4, -0.2) is 24.2 Å². The van der Waals surface area contributed by atoms with Crippen molar-refractivity contribution in [3.63, 3.8) is 0 Å². The normalized spacial score (nSPS) is 10.6. The van der Waals surface area contributed by atoms with Gasteiger partial charge in [0, 0.05) is 13.0 Å². The monoisotopic (exact) mass is 219 g/mol. The number of allylic oxidation sites excluding steroid dienone is 1. The highest BCUT2D eigenvalue weighted by Crippen LogP contribution is 2.02. The maximum Gasteiger partial charge on any atom is 0.220 e. The maximum atomic E-state index is 11.2. The van der Waals surface area contributed by atoms with E-state index in [1.165, 1.54) is 0 Å². The van der Waals surface area contributed by atoms with Crippen LogP contribution in [0.2, 0.25) is 0 Å². The Labute approximate surface area is 95.8 Å². The van der Waals surface area contributed by atoms with Gasteiger partial charge >= 0.3 is 0 Å². The molecule has 16 heavy (non-hydrogen) atoms. The Hall–Kier alpha value is -1.61. The van der Waals surface area contributed by atoms with E-state index in [2.05, 4.69) is 5.32 Å². The third-order valence-corrected chi connectivity index (χ3v) is 2.08. The average molecular weight is 219 g/mol. The summed E-state index contributed by atoms with van der Waals surface area (Å²) >= 11 is 0. The molecule has 1 aromatic carbocycles. The van der Waals surface area contributed by atoms with Crippen molar-refractivity contribution in [1.82, 2.24) is 5.32 Å². The van der Waals surface area contributed by atoms with Gasteiger partial charge in [0.25, 0.3) is 0 Å². The predicted octanol–water partition coefficient (Wildman–Crippen LogP) is 1.59. The van der Waals surface area contributed by atoms with Crippen LogP contribution in [0.3, 0.4) is 0 Å². The highest BCUT2D eigenvalue weighted by molar-refractivity contribution is 5.76. The number of benzene rings is 1. The number of hydrogen-bond acceptors (Lipinski definition) is 2. The van der Waals surface area contributed by atoms with Crippen LogP contribution in [0.25, 0.3) is 6.08 Å². The molecule has 0 saturated carbocycles. The van der Waals surface area contributed by atoms with E-state index in [0.29, 0.717) is 19.4 Å². The lowest BCUT2D eigenvalue weighted by Gasteiger charge is -2.00. The second kappa shape index (κ2) is 7.65. The molecule has 1 rings (SSSR count). The molecule has 0 aromatic heterocycles.